The molecule has 86 valence electrons. The van der Waals surface area contributed by atoms with Gasteiger partial charge in [0.1, 0.15) is 5.76 Å². The Labute approximate surface area is 100 Å². The fraction of sp³-hybridized carbons (Fsp3) is 0.692. The maximum absolute atomic E-state index is 5.80. The molecule has 1 spiro atoms. The van der Waals surface area contributed by atoms with Gasteiger partial charge in [-0.3, -0.25) is 0 Å². The molecule has 4 rings (SSSR count). The fourth-order valence-corrected chi connectivity index (χ4v) is 5.59. The van der Waals surface area contributed by atoms with Crippen molar-refractivity contribution in [1.29, 1.82) is 0 Å². The molecule has 2 nitrogen and oxygen atoms in total. The number of furan rings is 1. The largest absolute Gasteiger partial charge is 0.467 e. The van der Waals surface area contributed by atoms with Crippen LogP contribution in [0.15, 0.2) is 16.7 Å². The summed E-state index contributed by atoms with van der Waals surface area (Å²) in [7, 11) is 0. The molecule has 2 atom stereocenters. The first kappa shape index (κ1) is 9.60. The summed E-state index contributed by atoms with van der Waals surface area (Å²) in [5.74, 6) is 1.26. The molecule has 2 unspecified atom stereocenters. The van der Waals surface area contributed by atoms with Crippen LogP contribution in [0.3, 0.4) is 0 Å². The quantitative estimate of drug-likeness (QED) is 0.748. The van der Waals surface area contributed by atoms with Gasteiger partial charge in [0.2, 0.25) is 0 Å². The molecule has 0 radical (unpaired) electrons. The Hall–Kier alpha value is -0.410. The van der Waals surface area contributed by atoms with Crippen molar-refractivity contribution in [3.05, 3.63) is 23.7 Å². The zero-order valence-corrected chi connectivity index (χ0v) is 10.2. The predicted molar refractivity (Wildman–Crippen MR) is 65.7 cm³/mol. The average molecular weight is 235 g/mol. The molecule has 0 aromatic carbocycles. The summed E-state index contributed by atoms with van der Waals surface area (Å²) in [5, 5.41) is 5.50. The minimum Gasteiger partial charge on any atom is -0.467 e. The van der Waals surface area contributed by atoms with E-state index in [0.29, 0.717) is 0 Å². The van der Waals surface area contributed by atoms with Crippen LogP contribution in [-0.2, 0) is 12.0 Å². The van der Waals surface area contributed by atoms with Crippen molar-refractivity contribution in [2.45, 2.75) is 48.1 Å². The zero-order valence-electron chi connectivity index (χ0n) is 9.37. The van der Waals surface area contributed by atoms with Crippen molar-refractivity contribution in [3.8, 4) is 0 Å². The standard InChI is InChI=1S/C13H17NOS/c1-2-11-8-13(7-10(1)16-11)12-9(3-5-14-13)4-6-15-12/h4,6,10-11,14H,1-3,5,7-8H2. The lowest BCUT2D eigenvalue weighted by molar-refractivity contribution is 0.221. The van der Waals surface area contributed by atoms with E-state index < -0.39 is 0 Å². The van der Waals surface area contributed by atoms with Gasteiger partial charge in [0.05, 0.1) is 11.8 Å². The molecule has 16 heavy (non-hydrogen) atoms. The monoisotopic (exact) mass is 235 g/mol. The Morgan fingerprint density at radius 1 is 1.31 bits per heavy atom. The van der Waals surface area contributed by atoms with Crippen LogP contribution in [0.2, 0.25) is 0 Å². The highest BCUT2D eigenvalue weighted by atomic mass is 32.2. The van der Waals surface area contributed by atoms with Crippen molar-refractivity contribution >= 4 is 11.8 Å². The highest BCUT2D eigenvalue weighted by Gasteiger charge is 2.48. The van der Waals surface area contributed by atoms with E-state index in [-0.39, 0.29) is 5.54 Å². The number of hydrogen-bond acceptors (Lipinski definition) is 3. The Morgan fingerprint density at radius 3 is 2.94 bits per heavy atom. The molecule has 2 saturated heterocycles. The molecule has 3 heteroatoms. The number of hydrogen-bond donors (Lipinski definition) is 1. The van der Waals surface area contributed by atoms with Gasteiger partial charge in [0.15, 0.2) is 0 Å². The van der Waals surface area contributed by atoms with E-state index in [1.54, 1.807) is 0 Å². The van der Waals surface area contributed by atoms with Gasteiger partial charge in [0.25, 0.3) is 0 Å². The first-order valence-electron chi connectivity index (χ1n) is 6.33. The molecule has 3 aliphatic heterocycles. The Morgan fingerprint density at radius 2 is 2.12 bits per heavy atom. The number of fused-ring (bicyclic) bond motifs is 4. The third-order valence-corrected chi connectivity index (χ3v) is 5.96. The maximum Gasteiger partial charge on any atom is 0.127 e. The van der Waals surface area contributed by atoms with Gasteiger partial charge < -0.3 is 9.73 Å². The van der Waals surface area contributed by atoms with Crippen molar-refractivity contribution < 1.29 is 4.42 Å². The lowest BCUT2D eigenvalue weighted by atomic mass is 9.82. The SMILES string of the molecule is c1cc2c(o1)C1(CC3CCC(C1)S3)NCC2. The summed E-state index contributed by atoms with van der Waals surface area (Å²) < 4.78 is 5.80. The van der Waals surface area contributed by atoms with Crippen molar-refractivity contribution in [2.75, 3.05) is 6.54 Å². The third kappa shape index (κ3) is 1.25. The summed E-state index contributed by atoms with van der Waals surface area (Å²) >= 11 is 2.22. The molecule has 2 fully saturated rings. The van der Waals surface area contributed by atoms with Gasteiger partial charge in [-0.1, -0.05) is 0 Å². The van der Waals surface area contributed by atoms with Gasteiger partial charge in [-0.2, -0.15) is 11.8 Å². The second kappa shape index (κ2) is 3.30. The van der Waals surface area contributed by atoms with Gasteiger partial charge in [-0.15, -0.1) is 0 Å². The van der Waals surface area contributed by atoms with E-state index in [9.17, 15) is 0 Å². The molecule has 1 N–H and O–H groups in total. The summed E-state index contributed by atoms with van der Waals surface area (Å²) in [4.78, 5) is 0. The molecule has 2 bridgehead atoms. The first-order valence-corrected chi connectivity index (χ1v) is 7.27. The highest BCUT2D eigenvalue weighted by Crippen LogP contribution is 2.52. The lowest BCUT2D eigenvalue weighted by Gasteiger charge is -2.42. The number of thioether (sulfide) groups is 1. The number of nitrogens with one attached hydrogen (secondary N) is 1. The van der Waals surface area contributed by atoms with Crippen LogP contribution in [0.1, 0.15) is 37.0 Å². The van der Waals surface area contributed by atoms with E-state index in [1.165, 1.54) is 37.0 Å². The normalized spacial score (nSPS) is 41.2. The van der Waals surface area contributed by atoms with Crippen molar-refractivity contribution in [1.82, 2.24) is 5.32 Å². The molecule has 0 amide bonds. The van der Waals surface area contributed by atoms with E-state index in [1.807, 2.05) is 6.26 Å². The lowest BCUT2D eigenvalue weighted by Crippen LogP contribution is -2.50. The van der Waals surface area contributed by atoms with Crippen molar-refractivity contribution in [3.63, 3.8) is 0 Å². The van der Waals surface area contributed by atoms with Gasteiger partial charge in [-0.05, 0) is 43.7 Å². The van der Waals surface area contributed by atoms with Crippen LogP contribution in [-0.4, -0.2) is 17.0 Å². The highest BCUT2D eigenvalue weighted by molar-refractivity contribution is 8.00. The van der Waals surface area contributed by atoms with Crippen LogP contribution in [0.5, 0.6) is 0 Å². The minimum absolute atomic E-state index is 0.189. The van der Waals surface area contributed by atoms with E-state index in [0.717, 1.165) is 23.5 Å². The Bertz CT molecular complexity index is 402. The second-order valence-electron chi connectivity index (χ2n) is 5.40. The zero-order chi connectivity index (χ0) is 10.6. The molecular weight excluding hydrogens is 218 g/mol. The summed E-state index contributed by atoms with van der Waals surface area (Å²) in [6.07, 6.45) is 8.38. The predicted octanol–water partition coefficient (Wildman–Crippen LogP) is 2.68. The van der Waals surface area contributed by atoms with Crippen molar-refractivity contribution in [2.24, 2.45) is 0 Å². The van der Waals surface area contributed by atoms with Crippen LogP contribution in [0, 0.1) is 0 Å². The summed E-state index contributed by atoms with van der Waals surface area (Å²) in [6, 6.07) is 2.17. The Balaban J connectivity index is 1.78. The smallest absolute Gasteiger partial charge is 0.127 e. The van der Waals surface area contributed by atoms with E-state index in [2.05, 4.69) is 23.1 Å². The van der Waals surface area contributed by atoms with E-state index in [4.69, 9.17) is 4.42 Å². The molecule has 1 aromatic rings. The van der Waals surface area contributed by atoms with Crippen LogP contribution in [0.4, 0.5) is 0 Å². The van der Waals surface area contributed by atoms with Crippen LogP contribution in [0.25, 0.3) is 0 Å². The molecular formula is C13H17NOS. The second-order valence-corrected chi connectivity index (χ2v) is 7.01. The molecule has 1 aromatic heterocycles. The van der Waals surface area contributed by atoms with Gasteiger partial charge in [-0.25, -0.2) is 0 Å². The summed E-state index contributed by atoms with van der Waals surface area (Å²) in [6.45, 7) is 1.12. The molecule has 4 heterocycles. The van der Waals surface area contributed by atoms with Crippen LogP contribution < -0.4 is 5.32 Å². The Kier molecular flexibility index (Phi) is 1.98. The third-order valence-electron chi connectivity index (χ3n) is 4.39. The molecule has 0 aliphatic carbocycles. The maximum atomic E-state index is 5.80. The minimum atomic E-state index is 0.189. The average Bonchev–Trinajstić information content (AvgIpc) is 2.87. The van der Waals surface area contributed by atoms with Crippen LogP contribution >= 0.6 is 11.8 Å². The van der Waals surface area contributed by atoms with E-state index >= 15 is 0 Å². The topological polar surface area (TPSA) is 25.2 Å². The van der Waals surface area contributed by atoms with Gasteiger partial charge in [0, 0.05) is 17.0 Å². The first-order chi connectivity index (χ1) is 7.86. The molecule has 3 aliphatic rings. The van der Waals surface area contributed by atoms with Gasteiger partial charge >= 0.3 is 0 Å². The molecule has 0 saturated carbocycles. The summed E-state index contributed by atoms with van der Waals surface area (Å²) in [5.41, 5.74) is 1.64. The number of rotatable bonds is 0. The fourth-order valence-electron chi connectivity index (χ4n) is 3.74.